The highest BCUT2D eigenvalue weighted by Gasteiger charge is 2.24. The van der Waals surface area contributed by atoms with Gasteiger partial charge >= 0.3 is 6.03 Å². The summed E-state index contributed by atoms with van der Waals surface area (Å²) >= 11 is 0. The fourth-order valence-electron chi connectivity index (χ4n) is 3.52. The zero-order valence-electron chi connectivity index (χ0n) is 18.0. The van der Waals surface area contributed by atoms with Crippen molar-refractivity contribution in [3.05, 3.63) is 41.5 Å². The van der Waals surface area contributed by atoms with Gasteiger partial charge < -0.3 is 20.1 Å². The standard InChI is InChI=1S/C20H29N5O2.CH2O2/c1-14(2)25-16(4)19(15(3)23-25)13-22-20(26)24-11-7-18(8-12-24)27-17-5-9-21-10-6-17;2-1-3/h5-6,9-10,14,18H,7-8,11-13H2,1-4H3,(H,22,26);1H,(H,2,3). The molecule has 2 aromatic heterocycles. The van der Waals surface area contributed by atoms with Gasteiger partial charge in [-0.1, -0.05) is 0 Å². The maximum atomic E-state index is 12.5. The van der Waals surface area contributed by atoms with Gasteiger partial charge in [0.05, 0.1) is 5.69 Å². The summed E-state index contributed by atoms with van der Waals surface area (Å²) in [6.07, 6.45) is 5.26. The van der Waals surface area contributed by atoms with Crippen LogP contribution in [0.1, 0.15) is 49.7 Å². The van der Waals surface area contributed by atoms with Crippen molar-refractivity contribution in [3.8, 4) is 5.75 Å². The second kappa shape index (κ2) is 11.2. The SMILES string of the molecule is Cc1nn(C(C)C)c(C)c1CNC(=O)N1CCC(Oc2ccncc2)CC1.O=CO. The maximum absolute atomic E-state index is 12.5. The summed E-state index contributed by atoms with van der Waals surface area (Å²) in [4.78, 5) is 26.8. The largest absolute Gasteiger partial charge is 0.490 e. The van der Waals surface area contributed by atoms with E-state index < -0.39 is 0 Å². The second-order valence-electron chi connectivity index (χ2n) is 7.44. The van der Waals surface area contributed by atoms with Gasteiger partial charge in [-0.25, -0.2) is 4.79 Å². The lowest BCUT2D eigenvalue weighted by molar-refractivity contribution is -0.122. The molecular weight excluding hydrogens is 386 g/mol. The van der Waals surface area contributed by atoms with Gasteiger partial charge in [-0.2, -0.15) is 5.10 Å². The van der Waals surface area contributed by atoms with Crippen molar-refractivity contribution < 1.29 is 19.4 Å². The number of carbonyl (C=O) groups excluding carboxylic acids is 1. The molecule has 1 saturated heterocycles. The van der Waals surface area contributed by atoms with E-state index in [0.29, 0.717) is 25.7 Å². The van der Waals surface area contributed by atoms with Gasteiger partial charge in [0, 0.05) is 62.2 Å². The van der Waals surface area contributed by atoms with Crippen LogP contribution in [-0.4, -0.2) is 56.5 Å². The number of piperidine rings is 1. The fraction of sp³-hybridized carbons (Fsp3) is 0.524. The van der Waals surface area contributed by atoms with Crippen LogP contribution < -0.4 is 10.1 Å². The summed E-state index contributed by atoms with van der Waals surface area (Å²) < 4.78 is 7.97. The summed E-state index contributed by atoms with van der Waals surface area (Å²) in [6, 6.07) is 4.02. The molecule has 1 aliphatic rings. The van der Waals surface area contributed by atoms with Crippen molar-refractivity contribution in [3.63, 3.8) is 0 Å². The number of ether oxygens (including phenoxy) is 1. The predicted octanol–water partition coefficient (Wildman–Crippen LogP) is 2.93. The van der Waals surface area contributed by atoms with Gasteiger partial charge in [0.15, 0.2) is 0 Å². The second-order valence-corrected chi connectivity index (χ2v) is 7.44. The molecule has 0 aromatic carbocycles. The Labute approximate surface area is 177 Å². The molecule has 3 heterocycles. The summed E-state index contributed by atoms with van der Waals surface area (Å²) in [5.41, 5.74) is 3.20. The number of aryl methyl sites for hydroxylation is 1. The Balaban J connectivity index is 0.00000101. The molecule has 0 saturated carbocycles. The van der Waals surface area contributed by atoms with E-state index in [2.05, 4.69) is 36.2 Å². The minimum Gasteiger partial charge on any atom is -0.490 e. The van der Waals surface area contributed by atoms with Crippen molar-refractivity contribution in [1.29, 1.82) is 0 Å². The number of carboxylic acid groups (broad SMARTS) is 1. The Morgan fingerprint density at radius 1 is 1.30 bits per heavy atom. The van der Waals surface area contributed by atoms with Crippen LogP contribution in [0.3, 0.4) is 0 Å². The molecule has 164 valence electrons. The van der Waals surface area contributed by atoms with Crippen LogP contribution in [0.25, 0.3) is 0 Å². The van der Waals surface area contributed by atoms with E-state index in [1.54, 1.807) is 12.4 Å². The molecule has 9 heteroatoms. The highest BCUT2D eigenvalue weighted by molar-refractivity contribution is 5.74. The van der Waals surface area contributed by atoms with Crippen LogP contribution in [0, 0.1) is 13.8 Å². The third kappa shape index (κ3) is 6.20. The monoisotopic (exact) mass is 417 g/mol. The van der Waals surface area contributed by atoms with Gasteiger partial charge in [0.1, 0.15) is 11.9 Å². The minimum absolute atomic E-state index is 0.0199. The fourth-order valence-corrected chi connectivity index (χ4v) is 3.52. The normalized spacial score (nSPS) is 14.1. The number of nitrogens with zero attached hydrogens (tertiary/aromatic N) is 4. The lowest BCUT2D eigenvalue weighted by Gasteiger charge is -2.32. The van der Waals surface area contributed by atoms with Gasteiger partial charge in [-0.15, -0.1) is 0 Å². The smallest absolute Gasteiger partial charge is 0.317 e. The Morgan fingerprint density at radius 3 is 2.43 bits per heavy atom. The average Bonchev–Trinajstić information content (AvgIpc) is 3.02. The number of rotatable bonds is 5. The molecule has 0 radical (unpaired) electrons. The molecule has 2 aromatic rings. The summed E-state index contributed by atoms with van der Waals surface area (Å²) in [5.74, 6) is 0.834. The van der Waals surface area contributed by atoms with Crippen LogP contribution in [0.2, 0.25) is 0 Å². The lowest BCUT2D eigenvalue weighted by atomic mass is 10.1. The van der Waals surface area contributed by atoms with Crippen molar-refractivity contribution in [2.75, 3.05) is 13.1 Å². The van der Waals surface area contributed by atoms with Gasteiger partial charge in [-0.3, -0.25) is 14.5 Å². The van der Waals surface area contributed by atoms with Gasteiger partial charge in [0.2, 0.25) is 0 Å². The number of hydrogen-bond donors (Lipinski definition) is 2. The maximum Gasteiger partial charge on any atom is 0.317 e. The minimum atomic E-state index is -0.250. The molecule has 30 heavy (non-hydrogen) atoms. The summed E-state index contributed by atoms with van der Waals surface area (Å²) in [5, 5.41) is 14.5. The number of urea groups is 1. The molecule has 0 unspecified atom stereocenters. The van der Waals surface area contributed by atoms with Gasteiger partial charge in [0.25, 0.3) is 6.47 Å². The van der Waals surface area contributed by atoms with E-state index in [1.165, 1.54) is 0 Å². The molecule has 2 N–H and O–H groups in total. The third-order valence-electron chi connectivity index (χ3n) is 5.06. The first kappa shape index (κ1) is 23.2. The van der Waals surface area contributed by atoms with E-state index >= 15 is 0 Å². The first-order valence-electron chi connectivity index (χ1n) is 10.1. The Kier molecular flexibility index (Phi) is 8.64. The molecule has 0 spiro atoms. The van der Waals surface area contributed by atoms with E-state index in [4.69, 9.17) is 14.6 Å². The van der Waals surface area contributed by atoms with E-state index in [-0.39, 0.29) is 18.6 Å². The van der Waals surface area contributed by atoms with Gasteiger partial charge in [-0.05, 0) is 39.8 Å². The van der Waals surface area contributed by atoms with E-state index in [9.17, 15) is 4.79 Å². The van der Waals surface area contributed by atoms with E-state index in [0.717, 1.165) is 35.5 Å². The Bertz CT molecular complexity index is 814. The number of amides is 2. The zero-order valence-corrected chi connectivity index (χ0v) is 18.0. The first-order chi connectivity index (χ1) is 14.4. The Hall–Kier alpha value is -3.10. The molecule has 1 fully saturated rings. The number of pyridine rings is 1. The molecular formula is C21H31N5O4. The average molecular weight is 418 g/mol. The molecule has 1 aliphatic heterocycles. The van der Waals surface area contributed by atoms with Crippen LogP contribution >= 0.6 is 0 Å². The van der Waals surface area contributed by atoms with Crippen LogP contribution in [-0.2, 0) is 11.3 Å². The number of carbonyl (C=O) groups is 2. The Morgan fingerprint density at radius 2 is 1.90 bits per heavy atom. The lowest BCUT2D eigenvalue weighted by Crippen LogP contribution is -2.46. The first-order valence-corrected chi connectivity index (χ1v) is 10.1. The van der Waals surface area contributed by atoms with Crippen LogP contribution in [0.4, 0.5) is 4.79 Å². The molecule has 3 rings (SSSR count). The van der Waals surface area contributed by atoms with E-state index in [1.807, 2.05) is 28.6 Å². The number of aromatic nitrogens is 3. The molecule has 2 amide bonds. The zero-order chi connectivity index (χ0) is 22.1. The molecule has 0 bridgehead atoms. The molecule has 9 nitrogen and oxygen atoms in total. The van der Waals surface area contributed by atoms with Crippen molar-refractivity contribution in [2.24, 2.45) is 0 Å². The summed E-state index contributed by atoms with van der Waals surface area (Å²) in [6.45, 7) is 9.94. The highest BCUT2D eigenvalue weighted by atomic mass is 16.5. The molecule has 0 aliphatic carbocycles. The number of nitrogens with one attached hydrogen (secondary N) is 1. The third-order valence-corrected chi connectivity index (χ3v) is 5.06. The van der Waals surface area contributed by atoms with Crippen molar-refractivity contribution >= 4 is 12.5 Å². The topological polar surface area (TPSA) is 110 Å². The quantitative estimate of drug-likeness (QED) is 0.724. The van der Waals surface area contributed by atoms with Crippen molar-refractivity contribution in [2.45, 2.75) is 59.2 Å². The number of likely N-dealkylation sites (tertiary alicyclic amines) is 1. The molecule has 0 atom stereocenters. The van der Waals surface area contributed by atoms with Crippen LogP contribution in [0.15, 0.2) is 24.5 Å². The van der Waals surface area contributed by atoms with Crippen molar-refractivity contribution in [1.82, 2.24) is 25.0 Å². The van der Waals surface area contributed by atoms with Crippen LogP contribution in [0.5, 0.6) is 5.75 Å². The predicted molar refractivity (Wildman–Crippen MR) is 112 cm³/mol. The number of hydrogen-bond acceptors (Lipinski definition) is 5. The highest BCUT2D eigenvalue weighted by Crippen LogP contribution is 2.19. The summed E-state index contributed by atoms with van der Waals surface area (Å²) in [7, 11) is 0.